The molecule has 1 aliphatic rings. The van der Waals surface area contributed by atoms with E-state index in [0.29, 0.717) is 11.7 Å². The maximum atomic E-state index is 13.8. The van der Waals surface area contributed by atoms with Crippen LogP contribution in [0, 0.1) is 5.82 Å². The first-order valence-corrected chi connectivity index (χ1v) is 8.03. The molecule has 0 bridgehead atoms. The molecule has 1 aromatic heterocycles. The number of hydrogen-bond donors (Lipinski definition) is 1. The third-order valence-electron chi connectivity index (χ3n) is 4.02. The molecule has 0 radical (unpaired) electrons. The molecule has 0 unspecified atom stereocenters. The quantitative estimate of drug-likeness (QED) is 0.852. The van der Waals surface area contributed by atoms with Crippen molar-refractivity contribution in [2.24, 2.45) is 0 Å². The number of nitrogens with two attached hydrogens (primary N) is 1. The molecule has 1 fully saturated rings. The number of benzene rings is 1. The van der Waals surface area contributed by atoms with Crippen molar-refractivity contribution in [3.8, 4) is 5.75 Å². The highest BCUT2D eigenvalue weighted by atomic mass is 35.5. The molecule has 2 N–H and O–H groups in total. The lowest BCUT2D eigenvalue weighted by molar-refractivity contribution is 0.249. The van der Waals surface area contributed by atoms with Gasteiger partial charge in [-0.25, -0.2) is 9.37 Å². The summed E-state index contributed by atoms with van der Waals surface area (Å²) in [6.45, 7) is 3.97. The van der Waals surface area contributed by atoms with Gasteiger partial charge in [-0.15, -0.1) is 0 Å². The molecular weight excluding hydrogens is 333 g/mol. The Morgan fingerprint density at radius 3 is 2.58 bits per heavy atom. The Morgan fingerprint density at radius 1 is 1.21 bits per heavy atom. The first kappa shape index (κ1) is 16.7. The summed E-state index contributed by atoms with van der Waals surface area (Å²) >= 11 is 5.93. The second-order valence-corrected chi connectivity index (χ2v) is 6.03. The molecule has 0 saturated carbocycles. The lowest BCUT2D eigenvalue weighted by Gasteiger charge is -2.35. The van der Waals surface area contributed by atoms with Crippen LogP contribution >= 0.6 is 11.6 Å². The largest absolute Gasteiger partial charge is 0.494 e. The first-order chi connectivity index (χ1) is 11.5. The van der Waals surface area contributed by atoms with E-state index in [0.717, 1.165) is 37.6 Å². The zero-order chi connectivity index (χ0) is 17.1. The van der Waals surface area contributed by atoms with Crippen LogP contribution in [0.5, 0.6) is 5.75 Å². The minimum atomic E-state index is -0.334. The van der Waals surface area contributed by atoms with E-state index in [1.54, 1.807) is 12.1 Å². The first-order valence-electron chi connectivity index (χ1n) is 7.65. The molecule has 0 atom stereocenters. The van der Waals surface area contributed by atoms with Gasteiger partial charge in [-0.1, -0.05) is 17.7 Å². The van der Waals surface area contributed by atoms with Crippen LogP contribution in [0.1, 0.15) is 5.56 Å². The number of piperazine rings is 1. The molecule has 2 aromatic rings. The summed E-state index contributed by atoms with van der Waals surface area (Å²) in [7, 11) is 1.46. The number of halogens is 2. The van der Waals surface area contributed by atoms with Gasteiger partial charge < -0.3 is 15.4 Å². The molecule has 0 aliphatic carbocycles. The van der Waals surface area contributed by atoms with E-state index in [-0.39, 0.29) is 17.5 Å². The van der Waals surface area contributed by atoms with Crippen LogP contribution in [0.2, 0.25) is 5.15 Å². The van der Waals surface area contributed by atoms with Gasteiger partial charge in [-0.2, -0.15) is 4.98 Å². The fourth-order valence-corrected chi connectivity index (χ4v) is 2.97. The van der Waals surface area contributed by atoms with Crippen molar-refractivity contribution in [3.05, 3.63) is 40.8 Å². The second-order valence-electron chi connectivity index (χ2n) is 5.64. The zero-order valence-corrected chi connectivity index (χ0v) is 14.1. The van der Waals surface area contributed by atoms with Gasteiger partial charge in [-0.3, -0.25) is 4.90 Å². The lowest BCUT2D eigenvalue weighted by Crippen LogP contribution is -2.46. The van der Waals surface area contributed by atoms with E-state index in [2.05, 4.69) is 19.8 Å². The third kappa shape index (κ3) is 3.85. The molecule has 1 aliphatic heterocycles. The van der Waals surface area contributed by atoms with E-state index in [1.807, 2.05) is 6.07 Å². The predicted octanol–water partition coefficient (Wildman–Crippen LogP) is 2.18. The summed E-state index contributed by atoms with van der Waals surface area (Å²) in [4.78, 5) is 12.5. The van der Waals surface area contributed by atoms with Crippen molar-refractivity contribution >= 4 is 23.4 Å². The molecule has 1 aromatic carbocycles. The summed E-state index contributed by atoms with van der Waals surface area (Å²) in [5, 5.41) is 0.341. The van der Waals surface area contributed by atoms with E-state index >= 15 is 0 Å². The summed E-state index contributed by atoms with van der Waals surface area (Å²) in [6.07, 6.45) is 0. The molecule has 0 amide bonds. The summed E-state index contributed by atoms with van der Waals surface area (Å²) in [5.41, 5.74) is 6.57. The van der Waals surface area contributed by atoms with Gasteiger partial charge in [0.1, 0.15) is 11.0 Å². The molecule has 1 saturated heterocycles. The van der Waals surface area contributed by atoms with Crippen molar-refractivity contribution in [2.45, 2.75) is 6.54 Å². The minimum Gasteiger partial charge on any atom is -0.494 e. The van der Waals surface area contributed by atoms with Gasteiger partial charge in [0, 0.05) is 38.8 Å². The SMILES string of the molecule is COc1ccc(CN2CCN(c3cc(Cl)nc(N)n3)CC2)cc1F. The monoisotopic (exact) mass is 351 g/mol. The van der Waals surface area contributed by atoms with Crippen molar-refractivity contribution < 1.29 is 9.13 Å². The number of rotatable bonds is 4. The van der Waals surface area contributed by atoms with Crippen molar-refractivity contribution in [1.82, 2.24) is 14.9 Å². The number of nitrogens with zero attached hydrogens (tertiary/aromatic N) is 4. The number of methoxy groups -OCH3 is 1. The lowest BCUT2D eigenvalue weighted by atomic mass is 10.2. The van der Waals surface area contributed by atoms with Gasteiger partial charge in [0.2, 0.25) is 5.95 Å². The van der Waals surface area contributed by atoms with Crippen LogP contribution in [-0.2, 0) is 6.54 Å². The van der Waals surface area contributed by atoms with E-state index < -0.39 is 0 Å². The van der Waals surface area contributed by atoms with E-state index in [4.69, 9.17) is 22.1 Å². The van der Waals surface area contributed by atoms with Gasteiger partial charge in [0.15, 0.2) is 11.6 Å². The van der Waals surface area contributed by atoms with E-state index in [1.165, 1.54) is 13.2 Å². The highest BCUT2D eigenvalue weighted by Gasteiger charge is 2.19. The Hall–Kier alpha value is -2.12. The van der Waals surface area contributed by atoms with E-state index in [9.17, 15) is 4.39 Å². The molecule has 2 heterocycles. The average molecular weight is 352 g/mol. The maximum absolute atomic E-state index is 13.8. The molecule has 8 heteroatoms. The molecular formula is C16H19ClFN5O. The van der Waals surface area contributed by atoms with Crippen LogP contribution in [0.25, 0.3) is 0 Å². The van der Waals surface area contributed by atoms with Gasteiger partial charge in [-0.05, 0) is 17.7 Å². The zero-order valence-electron chi connectivity index (χ0n) is 13.4. The van der Waals surface area contributed by atoms with Crippen LogP contribution in [0.3, 0.4) is 0 Å². The van der Waals surface area contributed by atoms with Gasteiger partial charge in [0.25, 0.3) is 0 Å². The topological polar surface area (TPSA) is 67.5 Å². The van der Waals surface area contributed by atoms with Crippen LogP contribution < -0.4 is 15.4 Å². The number of nitrogen functional groups attached to an aromatic ring is 1. The molecule has 128 valence electrons. The Morgan fingerprint density at radius 2 is 1.96 bits per heavy atom. The number of aromatic nitrogens is 2. The second kappa shape index (κ2) is 7.19. The predicted molar refractivity (Wildman–Crippen MR) is 91.9 cm³/mol. The van der Waals surface area contributed by atoms with Crippen LogP contribution in [-0.4, -0.2) is 48.2 Å². The average Bonchev–Trinajstić information content (AvgIpc) is 2.55. The van der Waals surface area contributed by atoms with Crippen molar-refractivity contribution in [2.75, 3.05) is 43.9 Å². The third-order valence-corrected chi connectivity index (χ3v) is 4.21. The summed E-state index contributed by atoms with van der Waals surface area (Å²) in [6, 6.07) is 6.79. The highest BCUT2D eigenvalue weighted by Crippen LogP contribution is 2.21. The Bertz CT molecular complexity index is 701. The van der Waals surface area contributed by atoms with Gasteiger partial charge >= 0.3 is 0 Å². The fraction of sp³-hybridized carbons (Fsp3) is 0.375. The summed E-state index contributed by atoms with van der Waals surface area (Å²) in [5.74, 6) is 0.845. The van der Waals surface area contributed by atoms with Crippen LogP contribution in [0.15, 0.2) is 24.3 Å². The molecule has 0 spiro atoms. The highest BCUT2D eigenvalue weighted by molar-refractivity contribution is 6.29. The Labute approximate surface area is 145 Å². The molecule has 3 rings (SSSR count). The number of hydrogen-bond acceptors (Lipinski definition) is 6. The molecule has 6 nitrogen and oxygen atoms in total. The van der Waals surface area contributed by atoms with Crippen LogP contribution in [0.4, 0.5) is 16.2 Å². The normalized spacial score (nSPS) is 15.5. The number of ether oxygens (including phenoxy) is 1. The maximum Gasteiger partial charge on any atom is 0.223 e. The van der Waals surface area contributed by atoms with Crippen molar-refractivity contribution in [3.63, 3.8) is 0 Å². The smallest absolute Gasteiger partial charge is 0.223 e. The Balaban J connectivity index is 1.60. The summed E-state index contributed by atoms with van der Waals surface area (Å²) < 4.78 is 18.7. The standard InChI is InChI=1S/C16H19ClFN5O/c1-24-13-3-2-11(8-12(13)18)10-22-4-6-23(7-5-22)15-9-14(17)20-16(19)21-15/h2-3,8-9H,4-7,10H2,1H3,(H2,19,20,21). The molecule has 24 heavy (non-hydrogen) atoms. The fourth-order valence-electron chi connectivity index (χ4n) is 2.79. The Kier molecular flexibility index (Phi) is 5.01. The number of anilines is 2. The minimum absolute atomic E-state index is 0.175. The van der Waals surface area contributed by atoms with Crippen molar-refractivity contribution in [1.29, 1.82) is 0 Å². The van der Waals surface area contributed by atoms with Gasteiger partial charge in [0.05, 0.1) is 7.11 Å².